The summed E-state index contributed by atoms with van der Waals surface area (Å²) in [5.74, 6) is 0. The maximum atomic E-state index is 11.6. The van der Waals surface area contributed by atoms with E-state index in [1.54, 1.807) is 4.31 Å². The van der Waals surface area contributed by atoms with Gasteiger partial charge in [-0.2, -0.15) is 4.31 Å². The van der Waals surface area contributed by atoms with Crippen molar-refractivity contribution in [3.8, 4) is 0 Å². The van der Waals surface area contributed by atoms with Crippen molar-refractivity contribution in [1.29, 1.82) is 0 Å². The van der Waals surface area contributed by atoms with Crippen LogP contribution in [-0.2, 0) is 10.0 Å². The lowest BCUT2D eigenvalue weighted by Crippen LogP contribution is -2.48. The molecule has 0 unspecified atom stereocenters. The lowest BCUT2D eigenvalue weighted by atomic mass is 10.1. The Kier molecular flexibility index (Phi) is 3.92. The molecule has 1 saturated heterocycles. The summed E-state index contributed by atoms with van der Waals surface area (Å²) in [6.45, 7) is 5.71. The molecule has 0 saturated carbocycles. The normalized spacial score (nSPS) is 20.6. The van der Waals surface area contributed by atoms with Crippen LogP contribution in [0.25, 0.3) is 0 Å². The number of piperidine rings is 1. The van der Waals surface area contributed by atoms with Crippen molar-refractivity contribution < 1.29 is 8.42 Å². The van der Waals surface area contributed by atoms with Crippen molar-refractivity contribution in [2.75, 3.05) is 19.3 Å². The molecule has 1 aliphatic heterocycles. The van der Waals surface area contributed by atoms with Gasteiger partial charge in [0, 0.05) is 12.1 Å². The number of hydrogen-bond donors (Lipinski definition) is 1. The molecule has 1 aliphatic rings. The second-order valence-corrected chi connectivity index (χ2v) is 6.06. The molecule has 84 valence electrons. The molecule has 0 bridgehead atoms. The third kappa shape index (κ3) is 2.93. The van der Waals surface area contributed by atoms with Crippen molar-refractivity contribution >= 4 is 10.0 Å². The van der Waals surface area contributed by atoms with Crippen LogP contribution in [0.15, 0.2) is 0 Å². The quantitative estimate of drug-likeness (QED) is 0.749. The Labute approximate surface area is 86.7 Å². The topological polar surface area (TPSA) is 49.4 Å². The molecule has 14 heavy (non-hydrogen) atoms. The Hall–Kier alpha value is -0.130. The van der Waals surface area contributed by atoms with Gasteiger partial charge in [0.2, 0.25) is 10.0 Å². The summed E-state index contributed by atoms with van der Waals surface area (Å²) >= 11 is 0. The van der Waals surface area contributed by atoms with Gasteiger partial charge in [0.1, 0.15) is 0 Å². The maximum absolute atomic E-state index is 11.6. The fourth-order valence-corrected chi connectivity index (χ4v) is 3.65. The van der Waals surface area contributed by atoms with Crippen molar-refractivity contribution in [3.05, 3.63) is 0 Å². The third-order valence-corrected chi connectivity index (χ3v) is 4.05. The first-order valence-electron chi connectivity index (χ1n) is 5.12. The summed E-state index contributed by atoms with van der Waals surface area (Å²) in [5, 5.41) is 3.24. The minimum absolute atomic E-state index is 0.0631. The highest BCUT2D eigenvalue weighted by Crippen LogP contribution is 2.18. The maximum Gasteiger partial charge on any atom is 0.211 e. The van der Waals surface area contributed by atoms with Crippen LogP contribution in [0.1, 0.15) is 26.7 Å². The summed E-state index contributed by atoms with van der Waals surface area (Å²) in [5.41, 5.74) is 0. The summed E-state index contributed by atoms with van der Waals surface area (Å²) in [4.78, 5) is 0. The van der Waals surface area contributed by atoms with Crippen LogP contribution < -0.4 is 5.32 Å². The van der Waals surface area contributed by atoms with Crippen molar-refractivity contribution in [3.63, 3.8) is 0 Å². The van der Waals surface area contributed by atoms with E-state index in [0.717, 1.165) is 25.9 Å². The molecule has 1 N–H and O–H groups in total. The molecule has 0 atom stereocenters. The van der Waals surface area contributed by atoms with Gasteiger partial charge >= 0.3 is 0 Å². The Morgan fingerprint density at radius 1 is 1.29 bits per heavy atom. The van der Waals surface area contributed by atoms with Crippen LogP contribution in [0.5, 0.6) is 0 Å². The van der Waals surface area contributed by atoms with Gasteiger partial charge < -0.3 is 5.32 Å². The molecule has 0 spiro atoms. The molecule has 0 aromatic carbocycles. The molecule has 0 radical (unpaired) electrons. The smallest absolute Gasteiger partial charge is 0.211 e. The van der Waals surface area contributed by atoms with E-state index >= 15 is 0 Å². The minimum atomic E-state index is -3.06. The molecule has 5 heteroatoms. The molecule has 4 nitrogen and oxygen atoms in total. The van der Waals surface area contributed by atoms with E-state index in [1.165, 1.54) is 6.26 Å². The SMILES string of the molecule is CC(C)N(C1CCNCC1)S(C)(=O)=O. The first kappa shape index (κ1) is 11.9. The Bertz CT molecular complexity index is 269. The number of nitrogens with one attached hydrogen (secondary N) is 1. The van der Waals surface area contributed by atoms with Gasteiger partial charge in [-0.3, -0.25) is 0 Å². The Morgan fingerprint density at radius 3 is 2.14 bits per heavy atom. The van der Waals surface area contributed by atoms with Gasteiger partial charge in [-0.15, -0.1) is 0 Å². The van der Waals surface area contributed by atoms with E-state index in [1.807, 2.05) is 13.8 Å². The lowest BCUT2D eigenvalue weighted by Gasteiger charge is -2.35. The number of hydrogen-bond acceptors (Lipinski definition) is 3. The van der Waals surface area contributed by atoms with Gasteiger partial charge in [0.15, 0.2) is 0 Å². The van der Waals surface area contributed by atoms with Crippen LogP contribution in [0, 0.1) is 0 Å². The summed E-state index contributed by atoms with van der Waals surface area (Å²) < 4.78 is 24.8. The highest BCUT2D eigenvalue weighted by molar-refractivity contribution is 7.88. The average molecular weight is 220 g/mol. The van der Waals surface area contributed by atoms with Crippen molar-refractivity contribution in [1.82, 2.24) is 9.62 Å². The van der Waals surface area contributed by atoms with Crippen molar-refractivity contribution in [2.24, 2.45) is 0 Å². The van der Waals surface area contributed by atoms with Crippen LogP contribution in [0.3, 0.4) is 0 Å². The fraction of sp³-hybridized carbons (Fsp3) is 1.00. The van der Waals surface area contributed by atoms with E-state index in [0.29, 0.717) is 0 Å². The fourth-order valence-electron chi connectivity index (χ4n) is 2.14. The van der Waals surface area contributed by atoms with E-state index in [2.05, 4.69) is 5.32 Å². The Balaban J connectivity index is 2.76. The predicted molar refractivity (Wildman–Crippen MR) is 57.7 cm³/mol. The number of rotatable bonds is 3. The second-order valence-electron chi connectivity index (χ2n) is 4.17. The molecular formula is C9H20N2O2S. The van der Waals surface area contributed by atoms with Gasteiger partial charge in [-0.1, -0.05) is 0 Å². The second kappa shape index (κ2) is 4.59. The van der Waals surface area contributed by atoms with Crippen LogP contribution in [-0.4, -0.2) is 44.2 Å². The van der Waals surface area contributed by atoms with Crippen LogP contribution in [0.4, 0.5) is 0 Å². The van der Waals surface area contributed by atoms with Gasteiger partial charge in [0.05, 0.1) is 6.26 Å². The largest absolute Gasteiger partial charge is 0.317 e. The van der Waals surface area contributed by atoms with E-state index in [9.17, 15) is 8.42 Å². The average Bonchev–Trinajstić information content (AvgIpc) is 2.02. The van der Waals surface area contributed by atoms with E-state index in [4.69, 9.17) is 0 Å². The molecule has 0 aromatic heterocycles. The molecular weight excluding hydrogens is 200 g/mol. The highest BCUT2D eigenvalue weighted by atomic mass is 32.2. The third-order valence-electron chi connectivity index (χ3n) is 2.56. The lowest BCUT2D eigenvalue weighted by molar-refractivity contribution is 0.229. The number of nitrogens with zero attached hydrogens (tertiary/aromatic N) is 1. The molecule has 1 heterocycles. The number of sulfonamides is 1. The zero-order valence-electron chi connectivity index (χ0n) is 9.16. The van der Waals surface area contributed by atoms with Gasteiger partial charge in [-0.25, -0.2) is 8.42 Å². The molecule has 0 amide bonds. The first-order chi connectivity index (χ1) is 6.43. The molecule has 0 aromatic rings. The summed E-state index contributed by atoms with van der Waals surface area (Å²) in [6.07, 6.45) is 3.14. The van der Waals surface area contributed by atoms with Crippen LogP contribution >= 0.6 is 0 Å². The first-order valence-corrected chi connectivity index (χ1v) is 6.97. The van der Waals surface area contributed by atoms with E-state index < -0.39 is 10.0 Å². The zero-order valence-corrected chi connectivity index (χ0v) is 9.97. The highest BCUT2D eigenvalue weighted by Gasteiger charge is 2.29. The van der Waals surface area contributed by atoms with E-state index in [-0.39, 0.29) is 12.1 Å². The van der Waals surface area contributed by atoms with Crippen molar-refractivity contribution in [2.45, 2.75) is 38.8 Å². The van der Waals surface area contributed by atoms with Gasteiger partial charge in [-0.05, 0) is 39.8 Å². The predicted octanol–water partition coefficient (Wildman–Crippen LogP) is 0.408. The molecule has 1 rings (SSSR count). The molecule has 0 aliphatic carbocycles. The molecule has 1 fully saturated rings. The Morgan fingerprint density at radius 2 is 1.79 bits per heavy atom. The van der Waals surface area contributed by atoms with Crippen LogP contribution in [0.2, 0.25) is 0 Å². The standard InChI is InChI=1S/C9H20N2O2S/c1-8(2)11(14(3,12)13)9-4-6-10-7-5-9/h8-10H,4-7H2,1-3H3. The summed E-state index contributed by atoms with van der Waals surface area (Å²) in [7, 11) is -3.06. The minimum Gasteiger partial charge on any atom is -0.317 e. The van der Waals surface area contributed by atoms with Gasteiger partial charge in [0.25, 0.3) is 0 Å². The summed E-state index contributed by atoms with van der Waals surface area (Å²) in [6, 6.07) is 0.249. The monoisotopic (exact) mass is 220 g/mol. The zero-order chi connectivity index (χ0) is 10.8.